The fourth-order valence-electron chi connectivity index (χ4n) is 1.41. The molecule has 3 heteroatoms. The molecule has 2 N–H and O–H groups in total. The van der Waals surface area contributed by atoms with E-state index in [0.717, 1.165) is 19.4 Å². The molecule has 1 aliphatic rings. The van der Waals surface area contributed by atoms with E-state index >= 15 is 0 Å². The van der Waals surface area contributed by atoms with E-state index in [1.807, 2.05) is 6.92 Å². The topological polar surface area (TPSA) is 35.2 Å². The van der Waals surface area contributed by atoms with Gasteiger partial charge in [-0.15, -0.1) is 0 Å². The van der Waals surface area contributed by atoms with Crippen molar-refractivity contribution in [2.45, 2.75) is 45.0 Å². The number of alkyl halides is 1. The Labute approximate surface area is 73.3 Å². The quantitative estimate of drug-likeness (QED) is 0.687. The van der Waals surface area contributed by atoms with Crippen molar-refractivity contribution in [1.82, 2.24) is 0 Å². The molecule has 2 unspecified atom stereocenters. The second-order valence-electron chi connectivity index (χ2n) is 3.60. The molecule has 0 saturated heterocycles. The minimum Gasteiger partial charge on any atom is -0.379 e. The van der Waals surface area contributed by atoms with Crippen LogP contribution in [0, 0.1) is 5.92 Å². The number of hydrogen-bond acceptors (Lipinski definition) is 2. The predicted octanol–water partition coefficient (Wildman–Crippen LogP) is 1.49. The van der Waals surface area contributed by atoms with Gasteiger partial charge in [0.25, 0.3) is 0 Å². The Morgan fingerprint density at radius 2 is 2.17 bits per heavy atom. The van der Waals surface area contributed by atoms with Crippen molar-refractivity contribution in [2.75, 3.05) is 6.61 Å². The van der Waals surface area contributed by atoms with Crippen molar-refractivity contribution in [3.05, 3.63) is 0 Å². The van der Waals surface area contributed by atoms with Gasteiger partial charge in [-0.25, -0.2) is 4.39 Å². The first-order valence-electron chi connectivity index (χ1n) is 4.68. The second kappa shape index (κ2) is 4.19. The molecule has 0 aromatic rings. The maximum Gasteiger partial charge on any atom is 0.120 e. The summed E-state index contributed by atoms with van der Waals surface area (Å²) in [6.07, 6.45) is 1.15. The molecule has 0 heterocycles. The van der Waals surface area contributed by atoms with Crippen molar-refractivity contribution in [2.24, 2.45) is 11.7 Å². The third kappa shape index (κ3) is 2.42. The van der Waals surface area contributed by atoms with Gasteiger partial charge in [0, 0.05) is 18.6 Å². The van der Waals surface area contributed by atoms with Crippen LogP contribution >= 0.6 is 0 Å². The van der Waals surface area contributed by atoms with Gasteiger partial charge in [0.15, 0.2) is 0 Å². The van der Waals surface area contributed by atoms with Crippen LogP contribution in [0.3, 0.4) is 0 Å². The summed E-state index contributed by atoms with van der Waals surface area (Å²) in [6, 6.07) is -0.224. The summed E-state index contributed by atoms with van der Waals surface area (Å²) in [4.78, 5) is 0. The lowest BCUT2D eigenvalue weighted by Gasteiger charge is -2.10. The summed E-state index contributed by atoms with van der Waals surface area (Å²) in [6.45, 7) is 4.81. The molecule has 1 saturated carbocycles. The Morgan fingerprint density at radius 1 is 1.58 bits per heavy atom. The van der Waals surface area contributed by atoms with E-state index in [1.54, 1.807) is 0 Å². The van der Waals surface area contributed by atoms with Gasteiger partial charge in [-0.2, -0.15) is 0 Å². The molecule has 72 valence electrons. The third-order valence-electron chi connectivity index (χ3n) is 2.34. The van der Waals surface area contributed by atoms with Gasteiger partial charge in [-0.05, 0) is 19.8 Å². The Balaban J connectivity index is 2.07. The zero-order valence-electron chi connectivity index (χ0n) is 7.79. The van der Waals surface area contributed by atoms with E-state index < -0.39 is 6.17 Å². The minimum atomic E-state index is -0.780. The summed E-state index contributed by atoms with van der Waals surface area (Å²) in [5.74, 6) is 0.0526. The smallest absolute Gasteiger partial charge is 0.120 e. The van der Waals surface area contributed by atoms with Crippen molar-refractivity contribution >= 4 is 0 Å². The molecule has 4 atom stereocenters. The van der Waals surface area contributed by atoms with Crippen LogP contribution in [-0.4, -0.2) is 24.9 Å². The van der Waals surface area contributed by atoms with Crippen LogP contribution in [-0.2, 0) is 4.74 Å². The predicted molar refractivity (Wildman–Crippen MR) is 46.7 cm³/mol. The Hall–Kier alpha value is -0.150. The molecule has 1 rings (SSSR count). The van der Waals surface area contributed by atoms with Crippen LogP contribution in [0.5, 0.6) is 0 Å². The summed E-state index contributed by atoms with van der Waals surface area (Å²) >= 11 is 0. The molecule has 1 fully saturated rings. The van der Waals surface area contributed by atoms with Gasteiger partial charge in [0.2, 0.25) is 0 Å². The molecule has 0 spiro atoms. The van der Waals surface area contributed by atoms with E-state index in [2.05, 4.69) is 6.92 Å². The van der Waals surface area contributed by atoms with E-state index in [4.69, 9.17) is 10.5 Å². The molecular weight excluding hydrogens is 157 g/mol. The van der Waals surface area contributed by atoms with E-state index in [0.29, 0.717) is 0 Å². The van der Waals surface area contributed by atoms with E-state index in [9.17, 15) is 4.39 Å². The van der Waals surface area contributed by atoms with Gasteiger partial charge < -0.3 is 10.5 Å². The van der Waals surface area contributed by atoms with Crippen molar-refractivity contribution in [3.63, 3.8) is 0 Å². The zero-order valence-corrected chi connectivity index (χ0v) is 7.79. The molecule has 0 aromatic carbocycles. The SMILES string of the molecule is CCCO[C@@H](C)C[C@@H]1C(N)C1F. The normalized spacial score (nSPS) is 36.5. The van der Waals surface area contributed by atoms with Crippen LogP contribution in [0.4, 0.5) is 4.39 Å². The standard InChI is InChI=1S/C9H18FNO/c1-3-4-12-6(2)5-7-8(10)9(7)11/h6-9H,3-5,11H2,1-2H3/t6-,7-,8?,9?/m0/s1. The molecule has 2 nitrogen and oxygen atoms in total. The van der Waals surface area contributed by atoms with E-state index in [-0.39, 0.29) is 18.1 Å². The van der Waals surface area contributed by atoms with Crippen LogP contribution < -0.4 is 5.73 Å². The lowest BCUT2D eigenvalue weighted by Crippen LogP contribution is -2.12. The molecule has 0 bridgehead atoms. The Kier molecular flexibility index (Phi) is 3.47. The first-order chi connectivity index (χ1) is 5.66. The van der Waals surface area contributed by atoms with Gasteiger partial charge in [0.1, 0.15) is 6.17 Å². The monoisotopic (exact) mass is 175 g/mol. The Morgan fingerprint density at radius 3 is 2.58 bits per heavy atom. The highest BCUT2D eigenvalue weighted by Crippen LogP contribution is 2.36. The highest BCUT2D eigenvalue weighted by molar-refractivity contribution is 5.02. The first kappa shape index (κ1) is 9.93. The Bertz CT molecular complexity index is 134. The van der Waals surface area contributed by atoms with Crippen molar-refractivity contribution in [3.8, 4) is 0 Å². The molecule has 0 radical (unpaired) electrons. The molecule has 0 aromatic heterocycles. The average molecular weight is 175 g/mol. The highest BCUT2D eigenvalue weighted by Gasteiger charge is 2.48. The molecule has 1 aliphatic carbocycles. The highest BCUT2D eigenvalue weighted by atomic mass is 19.1. The summed E-state index contributed by atoms with van der Waals surface area (Å²) in [5.41, 5.74) is 5.46. The van der Waals surface area contributed by atoms with Crippen LogP contribution in [0.2, 0.25) is 0 Å². The van der Waals surface area contributed by atoms with Crippen LogP contribution in [0.1, 0.15) is 26.7 Å². The van der Waals surface area contributed by atoms with Gasteiger partial charge >= 0.3 is 0 Å². The number of halogens is 1. The number of hydrogen-bond donors (Lipinski definition) is 1. The zero-order chi connectivity index (χ0) is 9.14. The number of nitrogens with two attached hydrogens (primary N) is 1. The van der Waals surface area contributed by atoms with Crippen molar-refractivity contribution in [1.29, 1.82) is 0 Å². The molecule has 0 amide bonds. The molecule has 12 heavy (non-hydrogen) atoms. The maximum atomic E-state index is 12.7. The summed E-state index contributed by atoms with van der Waals surface area (Å²) in [7, 11) is 0. The largest absolute Gasteiger partial charge is 0.379 e. The van der Waals surface area contributed by atoms with E-state index in [1.165, 1.54) is 0 Å². The van der Waals surface area contributed by atoms with Crippen LogP contribution in [0.25, 0.3) is 0 Å². The van der Waals surface area contributed by atoms with Gasteiger partial charge in [-0.3, -0.25) is 0 Å². The maximum absolute atomic E-state index is 12.7. The van der Waals surface area contributed by atoms with Crippen molar-refractivity contribution < 1.29 is 9.13 Å². The fraction of sp³-hybridized carbons (Fsp3) is 1.00. The third-order valence-corrected chi connectivity index (χ3v) is 2.34. The molecular formula is C9H18FNO. The number of ether oxygens (including phenoxy) is 1. The number of rotatable bonds is 5. The van der Waals surface area contributed by atoms with Crippen LogP contribution in [0.15, 0.2) is 0 Å². The minimum absolute atomic E-state index is 0.0526. The molecule has 0 aliphatic heterocycles. The fourth-order valence-corrected chi connectivity index (χ4v) is 1.41. The van der Waals surface area contributed by atoms with Gasteiger partial charge in [0.05, 0.1) is 6.10 Å². The second-order valence-corrected chi connectivity index (χ2v) is 3.60. The summed E-state index contributed by atoms with van der Waals surface area (Å²) < 4.78 is 18.1. The summed E-state index contributed by atoms with van der Waals surface area (Å²) in [5, 5.41) is 0. The average Bonchev–Trinajstić information content (AvgIpc) is 2.59. The first-order valence-corrected chi connectivity index (χ1v) is 4.68. The van der Waals surface area contributed by atoms with Gasteiger partial charge in [-0.1, -0.05) is 6.92 Å². The lowest BCUT2D eigenvalue weighted by atomic mass is 10.2. The lowest BCUT2D eigenvalue weighted by molar-refractivity contribution is 0.0551.